The molecule has 3 rings (SSSR count). The fourth-order valence-electron chi connectivity index (χ4n) is 2.83. The molecule has 0 unspecified atom stereocenters. The summed E-state index contributed by atoms with van der Waals surface area (Å²) in [7, 11) is 0. The predicted molar refractivity (Wildman–Crippen MR) is 124 cm³/mol. The molecular formula is C27H24O6. The van der Waals surface area contributed by atoms with Gasteiger partial charge in [-0.2, -0.15) is 0 Å². The van der Waals surface area contributed by atoms with Crippen molar-refractivity contribution in [2.24, 2.45) is 0 Å². The number of furan rings is 1. The normalized spacial score (nSPS) is 10.4. The lowest BCUT2D eigenvalue weighted by molar-refractivity contribution is -0.130. The molecule has 0 fully saturated rings. The SMILES string of the molecule is C=C(C)C(=O)Oc1ccc(C(=O)CCc2ccc(-c3ccc(OC(=O)C(=C)C)cc3)o2)cc1. The van der Waals surface area contributed by atoms with E-state index in [2.05, 4.69) is 13.2 Å². The van der Waals surface area contributed by atoms with Gasteiger partial charge in [0.05, 0.1) is 0 Å². The van der Waals surface area contributed by atoms with E-state index in [9.17, 15) is 14.4 Å². The number of ketones is 1. The molecule has 0 N–H and O–H groups in total. The summed E-state index contributed by atoms with van der Waals surface area (Å²) in [5.74, 6) is 1.08. The minimum absolute atomic E-state index is 0.0468. The van der Waals surface area contributed by atoms with Crippen LogP contribution in [0.4, 0.5) is 0 Å². The van der Waals surface area contributed by atoms with E-state index in [1.165, 1.54) is 0 Å². The third-order valence-corrected chi connectivity index (χ3v) is 4.69. The van der Waals surface area contributed by atoms with Gasteiger partial charge in [0.1, 0.15) is 23.0 Å². The van der Waals surface area contributed by atoms with Gasteiger partial charge in [0.15, 0.2) is 5.78 Å². The Bertz CT molecular complexity index is 1200. The Morgan fingerprint density at radius 3 is 1.79 bits per heavy atom. The number of ether oxygens (including phenoxy) is 2. The van der Waals surface area contributed by atoms with Crippen LogP contribution in [0.1, 0.15) is 36.4 Å². The summed E-state index contributed by atoms with van der Waals surface area (Å²) < 4.78 is 16.2. The molecule has 0 radical (unpaired) electrons. The molecule has 1 heterocycles. The number of carbonyl (C=O) groups excluding carboxylic acids is 3. The number of rotatable bonds is 9. The Morgan fingerprint density at radius 1 is 0.758 bits per heavy atom. The summed E-state index contributed by atoms with van der Waals surface area (Å²) in [5, 5.41) is 0. The van der Waals surface area contributed by atoms with Crippen molar-refractivity contribution in [2.45, 2.75) is 26.7 Å². The minimum atomic E-state index is -0.509. The van der Waals surface area contributed by atoms with Gasteiger partial charge in [-0.25, -0.2) is 9.59 Å². The van der Waals surface area contributed by atoms with Crippen LogP contribution in [0.5, 0.6) is 11.5 Å². The first kappa shape index (κ1) is 23.5. The van der Waals surface area contributed by atoms with E-state index < -0.39 is 11.9 Å². The first-order chi connectivity index (χ1) is 15.7. The van der Waals surface area contributed by atoms with Crippen LogP contribution in [-0.4, -0.2) is 17.7 Å². The Kier molecular flexibility index (Phi) is 7.41. The number of hydrogen-bond donors (Lipinski definition) is 0. The zero-order chi connectivity index (χ0) is 24.0. The molecule has 0 aliphatic carbocycles. The van der Waals surface area contributed by atoms with Crippen molar-refractivity contribution in [3.8, 4) is 22.8 Å². The Hall–Kier alpha value is -4.19. The van der Waals surface area contributed by atoms with Crippen molar-refractivity contribution in [1.82, 2.24) is 0 Å². The molecule has 3 aromatic rings. The van der Waals surface area contributed by atoms with Gasteiger partial charge in [0.2, 0.25) is 0 Å². The van der Waals surface area contributed by atoms with Crippen LogP contribution < -0.4 is 9.47 Å². The molecule has 6 nitrogen and oxygen atoms in total. The van der Waals surface area contributed by atoms with Crippen molar-refractivity contribution in [1.29, 1.82) is 0 Å². The van der Waals surface area contributed by atoms with Crippen LogP contribution >= 0.6 is 0 Å². The second kappa shape index (κ2) is 10.4. The van der Waals surface area contributed by atoms with Crippen LogP contribution in [0.25, 0.3) is 11.3 Å². The van der Waals surface area contributed by atoms with Crippen molar-refractivity contribution in [2.75, 3.05) is 0 Å². The maximum Gasteiger partial charge on any atom is 0.338 e. The maximum absolute atomic E-state index is 12.5. The van der Waals surface area contributed by atoms with Gasteiger partial charge in [-0.05, 0) is 74.5 Å². The van der Waals surface area contributed by atoms with Crippen LogP contribution in [0.3, 0.4) is 0 Å². The molecule has 33 heavy (non-hydrogen) atoms. The third-order valence-electron chi connectivity index (χ3n) is 4.69. The molecule has 0 saturated carbocycles. The summed E-state index contributed by atoms with van der Waals surface area (Å²) in [6.07, 6.45) is 0.715. The van der Waals surface area contributed by atoms with E-state index in [0.717, 1.165) is 5.56 Å². The van der Waals surface area contributed by atoms with Gasteiger partial charge in [-0.15, -0.1) is 0 Å². The summed E-state index contributed by atoms with van der Waals surface area (Å²) >= 11 is 0. The highest BCUT2D eigenvalue weighted by molar-refractivity contribution is 5.96. The number of aryl methyl sites for hydroxylation is 1. The number of carbonyl (C=O) groups is 3. The van der Waals surface area contributed by atoms with Gasteiger partial charge in [-0.3, -0.25) is 4.79 Å². The van der Waals surface area contributed by atoms with Crippen molar-refractivity contribution >= 4 is 17.7 Å². The van der Waals surface area contributed by atoms with Gasteiger partial charge in [0, 0.05) is 35.1 Å². The predicted octanol–water partition coefficient (Wildman–Crippen LogP) is 5.73. The van der Waals surface area contributed by atoms with Crippen LogP contribution in [0.15, 0.2) is 89.4 Å². The van der Waals surface area contributed by atoms with Gasteiger partial charge < -0.3 is 13.9 Å². The fraction of sp³-hybridized carbons (Fsp3) is 0.148. The van der Waals surface area contributed by atoms with E-state index in [0.29, 0.717) is 46.2 Å². The molecule has 2 aromatic carbocycles. The minimum Gasteiger partial charge on any atom is -0.461 e. The van der Waals surface area contributed by atoms with Crippen LogP contribution in [0, 0.1) is 0 Å². The van der Waals surface area contributed by atoms with Crippen LogP contribution in [0.2, 0.25) is 0 Å². The highest BCUT2D eigenvalue weighted by atomic mass is 16.5. The molecule has 0 saturated heterocycles. The van der Waals surface area contributed by atoms with Gasteiger partial charge in [-0.1, -0.05) is 13.2 Å². The van der Waals surface area contributed by atoms with Gasteiger partial charge >= 0.3 is 11.9 Å². The Labute approximate surface area is 192 Å². The summed E-state index contributed by atoms with van der Waals surface area (Å²) in [6.45, 7) is 10.2. The monoisotopic (exact) mass is 444 g/mol. The van der Waals surface area contributed by atoms with Gasteiger partial charge in [0.25, 0.3) is 0 Å². The summed E-state index contributed by atoms with van der Waals surface area (Å²) in [4.78, 5) is 35.6. The topological polar surface area (TPSA) is 82.8 Å². The van der Waals surface area contributed by atoms with Crippen molar-refractivity contribution in [3.63, 3.8) is 0 Å². The van der Waals surface area contributed by atoms with Crippen molar-refractivity contribution < 1.29 is 28.3 Å². The molecule has 168 valence electrons. The lowest BCUT2D eigenvalue weighted by Gasteiger charge is -2.05. The van der Waals surface area contributed by atoms with E-state index in [1.54, 1.807) is 62.4 Å². The number of hydrogen-bond acceptors (Lipinski definition) is 6. The van der Waals surface area contributed by atoms with E-state index >= 15 is 0 Å². The highest BCUT2D eigenvalue weighted by Crippen LogP contribution is 2.26. The highest BCUT2D eigenvalue weighted by Gasteiger charge is 2.12. The molecular weight excluding hydrogens is 420 g/mol. The molecule has 0 spiro atoms. The fourth-order valence-corrected chi connectivity index (χ4v) is 2.83. The zero-order valence-corrected chi connectivity index (χ0v) is 18.6. The lowest BCUT2D eigenvalue weighted by Crippen LogP contribution is -2.08. The Morgan fingerprint density at radius 2 is 1.27 bits per heavy atom. The molecule has 0 atom stereocenters. The number of benzene rings is 2. The third kappa shape index (κ3) is 6.40. The molecule has 6 heteroatoms. The molecule has 0 aliphatic rings. The Balaban J connectivity index is 1.56. The lowest BCUT2D eigenvalue weighted by atomic mass is 10.1. The molecule has 0 amide bonds. The second-order valence-electron chi connectivity index (χ2n) is 7.58. The number of Topliss-reactive ketones (excluding diaryl/α,β-unsaturated/α-hetero) is 1. The number of esters is 2. The summed E-state index contributed by atoms with van der Waals surface area (Å²) in [6, 6.07) is 17.0. The van der Waals surface area contributed by atoms with Crippen molar-refractivity contribution in [3.05, 3.63) is 96.3 Å². The second-order valence-corrected chi connectivity index (χ2v) is 7.58. The quantitative estimate of drug-likeness (QED) is 0.182. The first-order valence-corrected chi connectivity index (χ1v) is 10.3. The molecule has 0 bridgehead atoms. The van der Waals surface area contributed by atoms with E-state index in [-0.39, 0.29) is 12.2 Å². The maximum atomic E-state index is 12.5. The molecule has 0 aliphatic heterocycles. The molecule has 1 aromatic heterocycles. The smallest absolute Gasteiger partial charge is 0.338 e. The standard InChI is InChI=1S/C27H24O6/c1-17(2)26(29)32-22-9-5-19(6-10-22)24(28)15-13-21-14-16-25(31-21)20-7-11-23(12-8-20)33-27(30)18(3)4/h5-12,14,16H,1,3,13,15H2,2,4H3. The first-order valence-electron chi connectivity index (χ1n) is 10.3. The largest absolute Gasteiger partial charge is 0.461 e. The average Bonchev–Trinajstić information content (AvgIpc) is 3.27. The van der Waals surface area contributed by atoms with E-state index in [4.69, 9.17) is 13.9 Å². The van der Waals surface area contributed by atoms with E-state index in [1.807, 2.05) is 12.1 Å². The summed E-state index contributed by atoms with van der Waals surface area (Å²) in [5.41, 5.74) is 1.97. The van der Waals surface area contributed by atoms with Crippen LogP contribution in [-0.2, 0) is 16.0 Å². The average molecular weight is 444 g/mol. The zero-order valence-electron chi connectivity index (χ0n) is 18.6.